The average Bonchev–Trinajstić information content (AvgIpc) is 3.47. The first kappa shape index (κ1) is 35.0. The van der Waals surface area contributed by atoms with Crippen molar-refractivity contribution in [3.63, 3.8) is 0 Å². The minimum atomic E-state index is -4.84. The monoisotopic (exact) mass is 667 g/mol. The van der Waals surface area contributed by atoms with E-state index in [-0.39, 0.29) is 48.6 Å². The molecule has 0 bridgehead atoms. The quantitative estimate of drug-likeness (QED) is 0.106. The topological polar surface area (TPSA) is 113 Å². The highest BCUT2D eigenvalue weighted by Crippen LogP contribution is 2.37. The van der Waals surface area contributed by atoms with E-state index in [4.69, 9.17) is 10.3 Å². The van der Waals surface area contributed by atoms with Gasteiger partial charge in [-0.25, -0.2) is 27.1 Å². The summed E-state index contributed by atoms with van der Waals surface area (Å²) in [5.41, 5.74) is 3.53. The summed E-state index contributed by atoms with van der Waals surface area (Å²) in [5.74, 6) is -7.12. The number of hydrogen-bond acceptors (Lipinski definition) is 7. The van der Waals surface area contributed by atoms with Crippen molar-refractivity contribution < 1.29 is 40.3 Å². The molecule has 10 nitrogen and oxygen atoms in total. The van der Waals surface area contributed by atoms with E-state index in [9.17, 15) is 35.5 Å². The molecule has 4 aromatic rings. The van der Waals surface area contributed by atoms with E-state index in [1.54, 1.807) is 25.1 Å². The zero-order chi connectivity index (χ0) is 34.8. The highest BCUT2D eigenvalue weighted by atomic mass is 19.4. The number of hydrogen-bond donors (Lipinski definition) is 1. The summed E-state index contributed by atoms with van der Waals surface area (Å²) in [7, 11) is 1.46. The molecule has 1 amide bonds. The number of amides is 1. The fraction of sp³-hybridized carbons (Fsp3) is 0.367. The Bertz CT molecular complexity index is 1850. The highest BCUT2D eigenvalue weighted by Gasteiger charge is 2.39. The van der Waals surface area contributed by atoms with E-state index in [2.05, 4.69) is 20.1 Å². The number of carbonyl (C=O) groups is 1. The van der Waals surface area contributed by atoms with Gasteiger partial charge in [0.15, 0.2) is 39.7 Å². The number of ether oxygens (including phenoxy) is 1. The van der Waals surface area contributed by atoms with Crippen molar-refractivity contribution in [2.24, 2.45) is 5.11 Å². The molecule has 3 heterocycles. The second-order valence-electron chi connectivity index (χ2n) is 10.3. The molecule has 0 atom stereocenters. The van der Waals surface area contributed by atoms with Gasteiger partial charge in [0.2, 0.25) is 10.6 Å². The fourth-order valence-electron chi connectivity index (χ4n) is 5.31. The molecule has 1 saturated heterocycles. The van der Waals surface area contributed by atoms with Crippen LogP contribution in [0.1, 0.15) is 46.6 Å². The molecule has 1 aliphatic rings. The molecular formula is C30H30F7N8O2+. The summed E-state index contributed by atoms with van der Waals surface area (Å²) < 4.78 is 106. The van der Waals surface area contributed by atoms with Crippen molar-refractivity contribution in [1.29, 1.82) is 5.53 Å². The van der Waals surface area contributed by atoms with Crippen LogP contribution in [0.15, 0.2) is 29.5 Å². The van der Waals surface area contributed by atoms with Crippen LogP contribution in [0.5, 0.6) is 5.75 Å². The number of benzene rings is 2. The van der Waals surface area contributed by atoms with E-state index in [1.807, 2.05) is 13.8 Å². The molecule has 17 heteroatoms. The van der Waals surface area contributed by atoms with Gasteiger partial charge < -0.3 is 9.64 Å². The van der Waals surface area contributed by atoms with Gasteiger partial charge in [0, 0.05) is 49.4 Å². The molecule has 2 aromatic carbocycles. The Balaban J connectivity index is 0.00000245. The van der Waals surface area contributed by atoms with Gasteiger partial charge in [0.25, 0.3) is 5.91 Å². The smallest absolute Gasteiger partial charge is 0.433 e. The number of fused-ring (bicyclic) bond motifs is 1. The second-order valence-corrected chi connectivity index (χ2v) is 10.3. The zero-order valence-electron chi connectivity index (χ0n) is 25.9. The number of nitrogens with zero attached hydrogens (tertiary/aromatic N) is 7. The van der Waals surface area contributed by atoms with Gasteiger partial charge in [-0.05, 0) is 37.6 Å². The summed E-state index contributed by atoms with van der Waals surface area (Å²) in [6.07, 6.45) is -3.84. The van der Waals surface area contributed by atoms with Gasteiger partial charge in [0.05, 0.1) is 19.0 Å². The van der Waals surface area contributed by atoms with Crippen molar-refractivity contribution in [2.75, 3.05) is 33.3 Å². The van der Waals surface area contributed by atoms with E-state index >= 15 is 0 Å². The third-order valence-corrected chi connectivity index (χ3v) is 7.57. The van der Waals surface area contributed by atoms with Gasteiger partial charge in [-0.15, -0.1) is 0 Å². The lowest BCUT2D eigenvalue weighted by Gasteiger charge is -2.34. The first-order valence-corrected chi connectivity index (χ1v) is 14.3. The van der Waals surface area contributed by atoms with Gasteiger partial charge >= 0.3 is 6.18 Å². The Hall–Kier alpha value is -4.89. The first-order chi connectivity index (χ1) is 22.3. The number of halogens is 7. The standard InChI is InChI=1S/C28H24F7N8O2.C2H6/c1-13-10-15(4-5-18(13)45-3)23-14(2)25(28(33,34)35)43-26(38-23)16(11-37-43)27(44)42-8-6-41(7-9-42)12-17-19(29)21(31)24(39-40-36)22(32)20(17)30;1-2/h4-5,10-11,36H,6-9,12H2,1-3H3;1-2H3/q+1;. The van der Waals surface area contributed by atoms with Crippen LogP contribution >= 0.6 is 0 Å². The first-order valence-electron chi connectivity index (χ1n) is 14.3. The van der Waals surface area contributed by atoms with Gasteiger partial charge in [-0.3, -0.25) is 9.69 Å². The van der Waals surface area contributed by atoms with Gasteiger partial charge in [-0.2, -0.15) is 18.3 Å². The van der Waals surface area contributed by atoms with Crippen LogP contribution in [0.2, 0.25) is 0 Å². The molecular weight excluding hydrogens is 637 g/mol. The number of carbonyl (C=O) groups excluding carboxylic acids is 1. The van der Waals surface area contributed by atoms with Crippen LogP contribution in [0, 0.1) is 42.6 Å². The normalized spacial score (nSPS) is 13.7. The maximum atomic E-state index is 14.5. The van der Waals surface area contributed by atoms with Crippen LogP contribution < -0.4 is 9.65 Å². The van der Waals surface area contributed by atoms with E-state index in [0.717, 1.165) is 6.20 Å². The van der Waals surface area contributed by atoms with Crippen molar-refractivity contribution in [2.45, 2.75) is 40.4 Å². The number of nitrogens with one attached hydrogen (secondary N) is 1. The third-order valence-electron chi connectivity index (χ3n) is 7.57. The van der Waals surface area contributed by atoms with Crippen LogP contribution in [0.3, 0.4) is 0 Å². The molecule has 0 radical (unpaired) electrons. The molecule has 2 aromatic heterocycles. The summed E-state index contributed by atoms with van der Waals surface area (Å²) >= 11 is 0. The Morgan fingerprint density at radius 3 is 2.17 bits per heavy atom. The number of aromatic nitrogens is 3. The van der Waals surface area contributed by atoms with Crippen molar-refractivity contribution in [3.8, 4) is 17.0 Å². The van der Waals surface area contributed by atoms with Crippen molar-refractivity contribution >= 4 is 17.2 Å². The van der Waals surface area contributed by atoms with Gasteiger partial charge in [-0.1, -0.05) is 13.8 Å². The molecule has 0 saturated carbocycles. The van der Waals surface area contributed by atoms with Crippen LogP contribution in [0.4, 0.5) is 36.4 Å². The van der Waals surface area contributed by atoms with Crippen LogP contribution in [-0.2, 0) is 12.7 Å². The SMILES string of the molecule is CC.COc1ccc(-c2nc3c(C(=O)N4CCN(Cc5c(F)c(F)c(N=[N+]=N)c(F)c5F)CC4)cnn3c(C(F)(F)F)c2C)cc1C. The molecule has 5 rings (SSSR count). The Morgan fingerprint density at radius 2 is 1.64 bits per heavy atom. The maximum Gasteiger partial charge on any atom is 0.433 e. The number of methoxy groups -OCH3 is 1. The predicted molar refractivity (Wildman–Crippen MR) is 155 cm³/mol. The summed E-state index contributed by atoms with van der Waals surface area (Å²) in [6.45, 7) is 6.41. The molecule has 0 unspecified atom stereocenters. The number of rotatable bonds is 6. The van der Waals surface area contributed by atoms with E-state index in [0.29, 0.717) is 21.4 Å². The molecule has 1 fully saturated rings. The Kier molecular flexibility index (Phi) is 10.3. The Labute approximate surface area is 264 Å². The Morgan fingerprint density at radius 1 is 1.02 bits per heavy atom. The van der Waals surface area contributed by atoms with E-state index in [1.165, 1.54) is 23.8 Å². The summed E-state index contributed by atoms with van der Waals surface area (Å²) in [5, 5.41) is 6.62. The minimum Gasteiger partial charge on any atom is -0.496 e. The predicted octanol–water partition coefficient (Wildman–Crippen LogP) is 6.76. The van der Waals surface area contributed by atoms with Crippen molar-refractivity contribution in [1.82, 2.24) is 29.3 Å². The maximum absolute atomic E-state index is 14.5. The second kappa shape index (κ2) is 13.8. The van der Waals surface area contributed by atoms with Crippen LogP contribution in [-0.4, -0.2) is 63.6 Å². The lowest BCUT2D eigenvalue weighted by molar-refractivity contribution is -0.143. The molecule has 0 spiro atoms. The molecule has 1 aliphatic heterocycles. The highest BCUT2D eigenvalue weighted by molar-refractivity contribution is 6.00. The molecule has 1 N–H and O–H groups in total. The van der Waals surface area contributed by atoms with Crippen LogP contribution in [0.25, 0.3) is 16.9 Å². The minimum absolute atomic E-state index is 0.00122. The summed E-state index contributed by atoms with van der Waals surface area (Å²) in [6, 6.07) is 4.78. The molecule has 250 valence electrons. The zero-order valence-corrected chi connectivity index (χ0v) is 25.9. The van der Waals surface area contributed by atoms with E-state index < -0.39 is 58.8 Å². The number of alkyl halides is 3. The number of piperazine rings is 1. The largest absolute Gasteiger partial charge is 0.496 e. The number of aryl methyl sites for hydroxylation is 1. The molecule has 0 aliphatic carbocycles. The average molecular weight is 668 g/mol. The van der Waals surface area contributed by atoms with Crippen molar-refractivity contribution in [3.05, 3.63) is 75.6 Å². The fourth-order valence-corrected chi connectivity index (χ4v) is 5.31. The lowest BCUT2D eigenvalue weighted by atomic mass is 10.0. The third kappa shape index (κ3) is 6.53. The molecule has 47 heavy (non-hydrogen) atoms. The van der Waals surface area contributed by atoms with Gasteiger partial charge in [0.1, 0.15) is 16.8 Å². The summed E-state index contributed by atoms with van der Waals surface area (Å²) in [4.78, 5) is 23.1. The lowest BCUT2D eigenvalue weighted by Crippen LogP contribution is -2.48.